The average Bonchev–Trinajstić information content (AvgIpc) is 3.59. The number of alkyl carbamates (subject to hydrolysis) is 2. The zero-order valence-corrected chi connectivity index (χ0v) is 38.8. The van der Waals surface area contributed by atoms with Crippen molar-refractivity contribution in [2.24, 2.45) is 34.0 Å². The number of carbonyl (C=O) groups is 5. The maximum absolute atomic E-state index is 14.9. The number of Topliss-reactive ketones (excluding diaryl/α,β-unsaturated/α-hetero) is 1. The number of rotatable bonds is 13. The number of pyridine rings is 1. The van der Waals surface area contributed by atoms with Crippen LogP contribution in [0, 0.1) is 34.0 Å². The van der Waals surface area contributed by atoms with Gasteiger partial charge in [0.25, 0.3) is 5.91 Å². The predicted octanol–water partition coefficient (Wildman–Crippen LogP) is 8.42. The zero-order valence-electron chi connectivity index (χ0n) is 38.0. The van der Waals surface area contributed by atoms with E-state index in [1.807, 2.05) is 19.1 Å². The first kappa shape index (κ1) is 47.9. The fourth-order valence-corrected chi connectivity index (χ4v) is 10.7. The van der Waals surface area contributed by atoms with Crippen LogP contribution in [0.3, 0.4) is 0 Å². The molecule has 5 rings (SSSR count). The molecule has 3 N–H and O–H groups in total. The predicted molar refractivity (Wildman–Crippen MR) is 234 cm³/mol. The van der Waals surface area contributed by atoms with Gasteiger partial charge >= 0.3 is 18.2 Å². The fourth-order valence-electron chi connectivity index (χ4n) is 10.1. The minimum Gasteiger partial charge on any atom is -0.461 e. The van der Waals surface area contributed by atoms with Gasteiger partial charge in [-0.25, -0.2) is 14.6 Å². The van der Waals surface area contributed by atoms with Crippen molar-refractivity contribution in [2.45, 2.75) is 149 Å². The van der Waals surface area contributed by atoms with E-state index in [2.05, 4.69) is 41.7 Å². The summed E-state index contributed by atoms with van der Waals surface area (Å²) in [5.41, 5.74) is -0.808. The number of aromatic nitrogens is 1. The van der Waals surface area contributed by atoms with Gasteiger partial charge in [-0.05, 0) is 121 Å². The van der Waals surface area contributed by atoms with E-state index in [1.54, 1.807) is 79.1 Å². The van der Waals surface area contributed by atoms with E-state index in [0.29, 0.717) is 23.4 Å². The molecule has 336 valence electrons. The highest BCUT2D eigenvalue weighted by Gasteiger charge is 2.68. The van der Waals surface area contributed by atoms with Crippen molar-refractivity contribution in [1.29, 1.82) is 0 Å². The molecule has 2 aromatic rings. The molecule has 0 saturated heterocycles. The van der Waals surface area contributed by atoms with Gasteiger partial charge in [-0.15, -0.1) is 0 Å². The van der Waals surface area contributed by atoms with E-state index in [4.69, 9.17) is 18.9 Å². The van der Waals surface area contributed by atoms with Crippen LogP contribution in [0.4, 0.5) is 9.59 Å². The molecule has 0 radical (unpaired) electrons. The molecule has 13 nitrogen and oxygen atoms in total. The summed E-state index contributed by atoms with van der Waals surface area (Å²) in [6.07, 6.45) is 4.23. The van der Waals surface area contributed by atoms with Crippen LogP contribution in [0.1, 0.15) is 129 Å². The lowest BCUT2D eigenvalue weighted by molar-refractivity contribution is -0.205. The second-order valence-corrected chi connectivity index (χ2v) is 20.9. The third-order valence-electron chi connectivity index (χ3n) is 13.4. The van der Waals surface area contributed by atoms with Gasteiger partial charge in [0.05, 0.1) is 16.9 Å². The number of benzene rings is 1. The number of ketones is 1. The van der Waals surface area contributed by atoms with Crippen LogP contribution < -0.4 is 16.0 Å². The third-order valence-corrected chi connectivity index (χ3v) is 14.3. The molecule has 3 aliphatic rings. The molecule has 1 aromatic heterocycles. The maximum Gasteiger partial charge on any atom is 0.407 e. The van der Waals surface area contributed by atoms with E-state index >= 15 is 0 Å². The van der Waals surface area contributed by atoms with E-state index in [0.717, 1.165) is 36.8 Å². The summed E-state index contributed by atoms with van der Waals surface area (Å²) in [6, 6.07) is 10.7. The van der Waals surface area contributed by atoms with Crippen LogP contribution in [-0.2, 0) is 41.6 Å². The number of nitrogens with one attached hydrogen (secondary N) is 3. The minimum absolute atomic E-state index is 0.0215. The second-order valence-electron chi connectivity index (χ2n) is 19.9. The molecule has 8 atom stereocenters. The summed E-state index contributed by atoms with van der Waals surface area (Å²) >= 11 is 1.28. The quantitative estimate of drug-likeness (QED) is 0.100. The Labute approximate surface area is 366 Å². The van der Waals surface area contributed by atoms with Crippen LogP contribution in [-0.4, -0.2) is 77.6 Å². The number of hydrogen-bond donors (Lipinski definition) is 3. The van der Waals surface area contributed by atoms with E-state index < -0.39 is 40.3 Å². The molecule has 14 heteroatoms. The van der Waals surface area contributed by atoms with Gasteiger partial charge in [0.15, 0.2) is 0 Å². The van der Waals surface area contributed by atoms with Gasteiger partial charge in [-0.3, -0.25) is 14.4 Å². The molecule has 0 spiro atoms. The summed E-state index contributed by atoms with van der Waals surface area (Å²) in [7, 11) is 1.75. The van der Waals surface area contributed by atoms with Gasteiger partial charge in [0.2, 0.25) is 0 Å². The van der Waals surface area contributed by atoms with Crippen molar-refractivity contribution in [1.82, 2.24) is 20.9 Å². The van der Waals surface area contributed by atoms with E-state index in [9.17, 15) is 24.0 Å². The summed E-state index contributed by atoms with van der Waals surface area (Å²) in [4.78, 5) is 71.0. The number of carbonyl (C=O) groups excluding carboxylic acids is 5. The number of esters is 1. The second kappa shape index (κ2) is 19.1. The van der Waals surface area contributed by atoms with Gasteiger partial charge in [0.1, 0.15) is 23.1 Å². The Morgan fingerprint density at radius 1 is 0.836 bits per heavy atom. The Hall–Kier alpha value is -4.17. The smallest absolute Gasteiger partial charge is 0.407 e. The highest BCUT2D eigenvalue weighted by Crippen LogP contribution is 2.69. The molecule has 3 saturated carbocycles. The fraction of sp³-hybridized carbons (Fsp3) is 0.660. The van der Waals surface area contributed by atoms with Crippen LogP contribution in [0.5, 0.6) is 0 Å². The van der Waals surface area contributed by atoms with Crippen molar-refractivity contribution in [2.75, 3.05) is 19.4 Å². The van der Waals surface area contributed by atoms with E-state index in [-0.39, 0.29) is 72.3 Å². The SMILES string of the molecule is CO[C@@H]1CC[C@]23CC[C@@H](C)[C@](C)([C@H]12)[C@H](OC(=O)CSc1ccc(CNC(=O)OC(C)(C)C)cn1)C[C@](C)(CCNC(=O)c1ccc(CNC(=O)OC(C)(C)C)cc1)C(=O)[C@@H]3C. The van der Waals surface area contributed by atoms with Crippen LogP contribution in [0.15, 0.2) is 47.6 Å². The maximum atomic E-state index is 14.9. The average molecular weight is 865 g/mol. The molecular formula is C47H68N4O9S. The molecule has 61 heavy (non-hydrogen) atoms. The number of ether oxygens (including phenoxy) is 4. The first-order valence-corrected chi connectivity index (χ1v) is 22.6. The summed E-state index contributed by atoms with van der Waals surface area (Å²) in [5, 5.41) is 9.14. The van der Waals surface area contributed by atoms with Crippen molar-refractivity contribution >= 4 is 41.6 Å². The standard InChI is InChI=1S/C47H68N4O9S/c1-29-18-20-47-21-19-34(57-11)38(47)46(29,10)35(58-37(52)28-61-36-17-14-32(26-49-36)27-51-42(56)60-44(6,7)8)24-45(9,39(53)30(47)2)22-23-48-40(54)33-15-12-31(13-16-33)25-50-41(55)59-43(3,4)5/h12-17,26,29-30,34-35,38H,18-25,27-28H2,1-11H3,(H,48,54)(H,50,55)(H,51,56)/t29-,30+,34-,35-,38+,45+,46+,47+/m1/s1. The van der Waals surface area contributed by atoms with Crippen molar-refractivity contribution in [3.05, 3.63) is 59.3 Å². The highest BCUT2D eigenvalue weighted by molar-refractivity contribution is 7.99. The summed E-state index contributed by atoms with van der Waals surface area (Å²) in [5.74, 6) is -0.506. The van der Waals surface area contributed by atoms with Crippen LogP contribution in [0.2, 0.25) is 0 Å². The largest absolute Gasteiger partial charge is 0.461 e. The van der Waals surface area contributed by atoms with Gasteiger partial charge in [-0.1, -0.05) is 57.7 Å². The minimum atomic E-state index is -0.895. The molecule has 1 heterocycles. The Balaban J connectivity index is 1.29. The van der Waals surface area contributed by atoms with Crippen LogP contribution in [0.25, 0.3) is 0 Å². The number of hydrogen-bond acceptors (Lipinski definition) is 11. The highest BCUT2D eigenvalue weighted by atomic mass is 32.2. The molecule has 1 aromatic carbocycles. The monoisotopic (exact) mass is 864 g/mol. The molecule has 3 fully saturated rings. The topological polar surface area (TPSA) is 171 Å². The molecule has 3 aliphatic carbocycles. The number of nitrogens with zero attached hydrogens (tertiary/aromatic N) is 1. The molecule has 2 bridgehead atoms. The molecular weight excluding hydrogens is 797 g/mol. The van der Waals surface area contributed by atoms with Crippen molar-refractivity contribution in [3.63, 3.8) is 0 Å². The summed E-state index contributed by atoms with van der Waals surface area (Å²) in [6.45, 7) is 20.1. The molecule has 3 amide bonds. The van der Waals surface area contributed by atoms with Crippen LogP contribution >= 0.6 is 11.8 Å². The Morgan fingerprint density at radius 3 is 2.00 bits per heavy atom. The van der Waals surface area contributed by atoms with E-state index in [1.165, 1.54) is 11.8 Å². The Morgan fingerprint density at radius 2 is 1.43 bits per heavy atom. The lowest BCUT2D eigenvalue weighted by Crippen LogP contribution is -2.63. The van der Waals surface area contributed by atoms with Gasteiger partial charge < -0.3 is 34.9 Å². The lowest BCUT2D eigenvalue weighted by atomic mass is 9.43. The third kappa shape index (κ3) is 11.5. The zero-order chi connectivity index (χ0) is 45.0. The van der Waals surface area contributed by atoms with Gasteiger partial charge in [0, 0.05) is 61.2 Å². The first-order chi connectivity index (χ1) is 28.5. The molecule has 0 unspecified atom stereocenters. The Kier molecular flexibility index (Phi) is 15.0. The number of thioether (sulfide) groups is 1. The van der Waals surface area contributed by atoms with Crippen molar-refractivity contribution < 1.29 is 42.9 Å². The van der Waals surface area contributed by atoms with Crippen molar-refractivity contribution in [3.8, 4) is 0 Å². The lowest BCUT2D eigenvalue weighted by Gasteiger charge is -2.62. The Bertz CT molecular complexity index is 1890. The normalized spacial score (nSPS) is 28.7. The number of amides is 3. The number of methoxy groups -OCH3 is 1. The molecule has 0 aliphatic heterocycles. The van der Waals surface area contributed by atoms with Gasteiger partial charge in [-0.2, -0.15) is 0 Å². The summed E-state index contributed by atoms with van der Waals surface area (Å²) < 4.78 is 23.4. The first-order valence-electron chi connectivity index (χ1n) is 21.6.